The molecule has 2 rings (SSSR count). The number of hydrogen-bond donors (Lipinski definition) is 3. The van der Waals surface area contributed by atoms with Crippen LogP contribution in [0, 0.1) is 5.92 Å². The molecule has 4 nitrogen and oxygen atoms in total. The molecule has 0 aromatic heterocycles. The number of carbonyl (C=O) groups is 1. The number of urea groups is 1. The van der Waals surface area contributed by atoms with E-state index in [1.165, 1.54) is 0 Å². The number of para-hydroxylation sites is 1. The van der Waals surface area contributed by atoms with E-state index in [0.717, 1.165) is 12.8 Å². The topological polar surface area (TPSA) is 61.4 Å². The third kappa shape index (κ3) is 3.89. The first-order valence-electron chi connectivity index (χ1n) is 6.14. The minimum absolute atomic E-state index is 0.286. The van der Waals surface area contributed by atoms with Gasteiger partial charge in [0.2, 0.25) is 0 Å². The minimum Gasteiger partial charge on any atom is -0.393 e. The van der Waals surface area contributed by atoms with Crippen LogP contribution in [0.1, 0.15) is 19.3 Å². The van der Waals surface area contributed by atoms with E-state index in [4.69, 9.17) is 11.6 Å². The molecule has 0 radical (unpaired) electrons. The normalized spacial score (nSPS) is 16.1. The number of amides is 2. The molecule has 1 saturated carbocycles. The fourth-order valence-corrected chi connectivity index (χ4v) is 1.96. The lowest BCUT2D eigenvalue weighted by Crippen LogP contribution is -2.31. The van der Waals surface area contributed by atoms with Gasteiger partial charge in [0, 0.05) is 6.54 Å². The molecule has 0 bridgehead atoms. The van der Waals surface area contributed by atoms with Crippen molar-refractivity contribution in [3.63, 3.8) is 0 Å². The van der Waals surface area contributed by atoms with Crippen LogP contribution in [0.5, 0.6) is 0 Å². The van der Waals surface area contributed by atoms with E-state index < -0.39 is 0 Å². The van der Waals surface area contributed by atoms with Gasteiger partial charge in [-0.25, -0.2) is 4.79 Å². The Morgan fingerprint density at radius 2 is 2.17 bits per heavy atom. The summed E-state index contributed by atoms with van der Waals surface area (Å²) in [6, 6.07) is 6.76. The van der Waals surface area contributed by atoms with Crippen molar-refractivity contribution in [1.29, 1.82) is 0 Å². The molecule has 1 fully saturated rings. The zero-order valence-corrected chi connectivity index (χ0v) is 10.8. The Labute approximate surface area is 111 Å². The summed E-state index contributed by atoms with van der Waals surface area (Å²) < 4.78 is 0. The molecular weight excluding hydrogens is 252 g/mol. The molecule has 18 heavy (non-hydrogen) atoms. The highest BCUT2D eigenvalue weighted by Crippen LogP contribution is 2.33. The highest BCUT2D eigenvalue weighted by atomic mass is 35.5. The van der Waals surface area contributed by atoms with Crippen molar-refractivity contribution in [3.8, 4) is 0 Å². The van der Waals surface area contributed by atoms with E-state index in [1.807, 2.05) is 0 Å². The lowest BCUT2D eigenvalue weighted by Gasteiger charge is -2.11. The van der Waals surface area contributed by atoms with Crippen LogP contribution in [0.15, 0.2) is 24.3 Å². The van der Waals surface area contributed by atoms with Crippen molar-refractivity contribution in [2.45, 2.75) is 25.4 Å². The molecule has 1 unspecified atom stereocenters. The van der Waals surface area contributed by atoms with Crippen LogP contribution < -0.4 is 10.6 Å². The maximum Gasteiger partial charge on any atom is 0.319 e. The molecule has 1 aliphatic rings. The minimum atomic E-state index is -0.300. The van der Waals surface area contributed by atoms with Gasteiger partial charge in [-0.05, 0) is 37.3 Å². The molecule has 3 N–H and O–H groups in total. The first kappa shape index (κ1) is 13.2. The predicted molar refractivity (Wildman–Crippen MR) is 71.8 cm³/mol. The first-order chi connectivity index (χ1) is 8.66. The summed E-state index contributed by atoms with van der Waals surface area (Å²) in [6.07, 6.45) is 2.52. The zero-order chi connectivity index (χ0) is 13.0. The van der Waals surface area contributed by atoms with E-state index in [2.05, 4.69) is 10.6 Å². The van der Waals surface area contributed by atoms with Gasteiger partial charge < -0.3 is 15.7 Å². The molecule has 0 aliphatic heterocycles. The summed E-state index contributed by atoms with van der Waals surface area (Å²) in [7, 11) is 0. The smallest absolute Gasteiger partial charge is 0.319 e. The van der Waals surface area contributed by atoms with Crippen LogP contribution in [-0.4, -0.2) is 23.8 Å². The van der Waals surface area contributed by atoms with Gasteiger partial charge in [-0.2, -0.15) is 0 Å². The van der Waals surface area contributed by atoms with E-state index in [1.54, 1.807) is 24.3 Å². The van der Waals surface area contributed by atoms with Crippen LogP contribution in [0.3, 0.4) is 0 Å². The Bertz CT molecular complexity index is 421. The number of hydrogen-bond acceptors (Lipinski definition) is 2. The standard InChI is InChI=1S/C13H17ClN2O2/c14-10-3-1-2-4-11(10)16-13(18)15-8-7-12(17)9-5-6-9/h1-4,9,12,17H,5-8H2,(H2,15,16,18). The van der Waals surface area contributed by atoms with Crippen molar-refractivity contribution < 1.29 is 9.90 Å². The van der Waals surface area contributed by atoms with Gasteiger partial charge in [0.25, 0.3) is 0 Å². The number of carbonyl (C=O) groups excluding carboxylic acids is 1. The summed E-state index contributed by atoms with van der Waals surface area (Å²) >= 11 is 5.92. The molecule has 1 aliphatic carbocycles. The quantitative estimate of drug-likeness (QED) is 0.769. The second-order valence-corrected chi connectivity index (χ2v) is 4.96. The first-order valence-corrected chi connectivity index (χ1v) is 6.52. The van der Waals surface area contributed by atoms with Gasteiger partial charge in [0.1, 0.15) is 0 Å². The van der Waals surface area contributed by atoms with Gasteiger partial charge in [-0.15, -0.1) is 0 Å². The summed E-state index contributed by atoms with van der Waals surface area (Å²) in [5.74, 6) is 0.443. The molecule has 5 heteroatoms. The number of aliphatic hydroxyl groups excluding tert-OH is 1. The highest BCUT2D eigenvalue weighted by molar-refractivity contribution is 6.33. The highest BCUT2D eigenvalue weighted by Gasteiger charge is 2.29. The van der Waals surface area contributed by atoms with Crippen LogP contribution in [0.4, 0.5) is 10.5 Å². The Kier molecular flexibility index (Phi) is 4.44. The largest absolute Gasteiger partial charge is 0.393 e. The van der Waals surface area contributed by atoms with Crippen LogP contribution in [0.25, 0.3) is 0 Å². The van der Waals surface area contributed by atoms with Gasteiger partial charge in [-0.1, -0.05) is 23.7 Å². The number of halogens is 1. The van der Waals surface area contributed by atoms with Crippen LogP contribution in [0.2, 0.25) is 5.02 Å². The summed E-state index contributed by atoms with van der Waals surface area (Å²) in [5, 5.41) is 15.5. The molecule has 0 heterocycles. The SMILES string of the molecule is O=C(NCCC(O)C1CC1)Nc1ccccc1Cl. The van der Waals surface area contributed by atoms with Gasteiger partial charge in [0.15, 0.2) is 0 Å². The molecule has 98 valence electrons. The average Bonchev–Trinajstić information content (AvgIpc) is 3.16. The Balaban J connectivity index is 1.70. The predicted octanol–water partition coefficient (Wildman–Crippen LogP) is 2.62. The third-order valence-electron chi connectivity index (χ3n) is 3.01. The number of nitrogens with one attached hydrogen (secondary N) is 2. The molecule has 1 aromatic carbocycles. The van der Waals surface area contributed by atoms with Gasteiger partial charge in [-0.3, -0.25) is 0 Å². The maximum atomic E-state index is 11.6. The second-order valence-electron chi connectivity index (χ2n) is 4.55. The Morgan fingerprint density at radius 3 is 2.83 bits per heavy atom. The second kappa shape index (κ2) is 6.07. The van der Waals surface area contributed by atoms with Gasteiger partial charge >= 0.3 is 6.03 Å². The molecule has 0 saturated heterocycles. The summed E-state index contributed by atoms with van der Waals surface area (Å²) in [4.78, 5) is 11.6. The zero-order valence-electron chi connectivity index (χ0n) is 10.0. The van der Waals surface area contributed by atoms with Crippen LogP contribution >= 0.6 is 11.6 Å². The van der Waals surface area contributed by atoms with E-state index in [-0.39, 0.29) is 12.1 Å². The number of rotatable bonds is 5. The molecule has 2 amide bonds. The van der Waals surface area contributed by atoms with Gasteiger partial charge in [0.05, 0.1) is 16.8 Å². The fourth-order valence-electron chi connectivity index (χ4n) is 1.78. The van der Waals surface area contributed by atoms with E-state index >= 15 is 0 Å². The lowest BCUT2D eigenvalue weighted by atomic mass is 10.2. The van der Waals surface area contributed by atoms with Crippen LogP contribution in [-0.2, 0) is 0 Å². The van der Waals surface area contributed by atoms with Crippen molar-refractivity contribution in [2.75, 3.05) is 11.9 Å². The number of benzene rings is 1. The molecular formula is C13H17ClN2O2. The average molecular weight is 269 g/mol. The maximum absolute atomic E-state index is 11.6. The molecule has 1 aromatic rings. The lowest BCUT2D eigenvalue weighted by molar-refractivity contribution is 0.142. The molecule has 0 spiro atoms. The monoisotopic (exact) mass is 268 g/mol. The number of aliphatic hydroxyl groups is 1. The fraction of sp³-hybridized carbons (Fsp3) is 0.462. The van der Waals surface area contributed by atoms with Crippen molar-refractivity contribution in [3.05, 3.63) is 29.3 Å². The van der Waals surface area contributed by atoms with E-state index in [0.29, 0.717) is 29.6 Å². The summed E-state index contributed by atoms with van der Waals surface area (Å²) in [6.45, 7) is 0.466. The number of anilines is 1. The van der Waals surface area contributed by atoms with Crippen molar-refractivity contribution >= 4 is 23.3 Å². The molecule has 1 atom stereocenters. The third-order valence-corrected chi connectivity index (χ3v) is 3.34. The van der Waals surface area contributed by atoms with E-state index in [9.17, 15) is 9.90 Å². The van der Waals surface area contributed by atoms with Crippen molar-refractivity contribution in [1.82, 2.24) is 5.32 Å². The van der Waals surface area contributed by atoms with Crippen molar-refractivity contribution in [2.24, 2.45) is 5.92 Å². The Hall–Kier alpha value is -1.26. The Morgan fingerprint density at radius 1 is 1.44 bits per heavy atom. The summed E-state index contributed by atoms with van der Waals surface area (Å²) in [5.41, 5.74) is 0.583.